The highest BCUT2D eigenvalue weighted by molar-refractivity contribution is 7.92. The summed E-state index contributed by atoms with van der Waals surface area (Å²) in [5, 5.41) is 2.73. The number of hydrogen-bond acceptors (Lipinski definition) is 5. The first-order chi connectivity index (χ1) is 15.6. The van der Waals surface area contributed by atoms with Crippen LogP contribution in [0.1, 0.15) is 28.4 Å². The molecular formula is C25H24N2O5S. The third kappa shape index (κ3) is 4.61. The number of rotatable bonds is 5. The largest absolute Gasteiger partial charge is 0.476 e. The molecule has 1 N–H and O–H groups in total. The van der Waals surface area contributed by atoms with Gasteiger partial charge < -0.3 is 10.1 Å². The number of benzene rings is 3. The highest BCUT2D eigenvalue weighted by Crippen LogP contribution is 2.38. The number of carbonyl (C=O) groups is 2. The minimum atomic E-state index is -3.93. The van der Waals surface area contributed by atoms with Gasteiger partial charge in [0, 0.05) is 11.3 Å². The summed E-state index contributed by atoms with van der Waals surface area (Å²) in [6.45, 7) is 4.99. The molecule has 0 bridgehead atoms. The maximum atomic E-state index is 13.5. The van der Waals surface area contributed by atoms with Crippen LogP contribution >= 0.6 is 0 Å². The molecule has 0 spiro atoms. The van der Waals surface area contributed by atoms with Gasteiger partial charge in [0.15, 0.2) is 11.9 Å². The second-order valence-corrected chi connectivity index (χ2v) is 9.92. The maximum absolute atomic E-state index is 13.5. The lowest BCUT2D eigenvalue weighted by atomic mass is 10.1. The molecule has 8 heteroatoms. The molecule has 0 aromatic heterocycles. The minimum Gasteiger partial charge on any atom is -0.476 e. The van der Waals surface area contributed by atoms with E-state index in [9.17, 15) is 18.0 Å². The molecule has 7 nitrogen and oxygen atoms in total. The van der Waals surface area contributed by atoms with Gasteiger partial charge >= 0.3 is 0 Å². The molecule has 1 aliphatic rings. The van der Waals surface area contributed by atoms with Crippen molar-refractivity contribution in [3.8, 4) is 5.75 Å². The van der Waals surface area contributed by atoms with E-state index in [1.807, 2.05) is 13.8 Å². The zero-order chi connectivity index (χ0) is 23.8. The Labute approximate surface area is 193 Å². The molecular weight excluding hydrogens is 440 g/mol. The molecule has 0 fully saturated rings. The smallest absolute Gasteiger partial charge is 0.267 e. The fourth-order valence-electron chi connectivity index (χ4n) is 3.60. The van der Waals surface area contributed by atoms with E-state index < -0.39 is 22.0 Å². The zero-order valence-corrected chi connectivity index (χ0v) is 19.3. The first-order valence-electron chi connectivity index (χ1n) is 10.4. The summed E-state index contributed by atoms with van der Waals surface area (Å²) in [6.07, 6.45) is -1.08. The van der Waals surface area contributed by atoms with Gasteiger partial charge in [-0.05, 0) is 62.7 Å². The average Bonchev–Trinajstić information content (AvgIpc) is 2.78. The molecule has 0 aliphatic carbocycles. The lowest BCUT2D eigenvalue weighted by molar-refractivity contribution is -0.122. The second-order valence-electron chi connectivity index (χ2n) is 8.05. The lowest BCUT2D eigenvalue weighted by Crippen LogP contribution is -2.48. The third-order valence-corrected chi connectivity index (χ3v) is 7.22. The first-order valence-corrected chi connectivity index (χ1v) is 11.9. The van der Waals surface area contributed by atoms with Crippen molar-refractivity contribution in [2.24, 2.45) is 0 Å². The number of amides is 1. The number of nitrogens with one attached hydrogen (secondary N) is 1. The van der Waals surface area contributed by atoms with Crippen LogP contribution in [0.5, 0.6) is 5.75 Å². The van der Waals surface area contributed by atoms with E-state index in [0.717, 1.165) is 11.1 Å². The molecule has 1 heterocycles. The van der Waals surface area contributed by atoms with Crippen molar-refractivity contribution in [3.63, 3.8) is 0 Å². The van der Waals surface area contributed by atoms with Gasteiger partial charge in [-0.15, -0.1) is 0 Å². The summed E-state index contributed by atoms with van der Waals surface area (Å²) >= 11 is 0. The fourth-order valence-corrected chi connectivity index (χ4v) is 5.08. The van der Waals surface area contributed by atoms with Crippen molar-refractivity contribution in [1.82, 2.24) is 0 Å². The average molecular weight is 465 g/mol. The van der Waals surface area contributed by atoms with Crippen molar-refractivity contribution in [1.29, 1.82) is 0 Å². The van der Waals surface area contributed by atoms with E-state index in [1.54, 1.807) is 66.7 Å². The highest BCUT2D eigenvalue weighted by atomic mass is 32.2. The van der Waals surface area contributed by atoms with Gasteiger partial charge in [0.25, 0.3) is 15.9 Å². The van der Waals surface area contributed by atoms with Gasteiger partial charge in [0.05, 0.1) is 17.1 Å². The molecule has 4 rings (SSSR count). The molecule has 3 aromatic rings. The fraction of sp³-hybridized carbons (Fsp3) is 0.200. The van der Waals surface area contributed by atoms with E-state index in [2.05, 4.69) is 5.32 Å². The Morgan fingerprint density at radius 2 is 1.67 bits per heavy atom. The number of aryl methyl sites for hydroxylation is 2. The third-order valence-electron chi connectivity index (χ3n) is 5.42. The number of hydrogen-bond donors (Lipinski definition) is 1. The first kappa shape index (κ1) is 22.5. The van der Waals surface area contributed by atoms with Crippen LogP contribution in [-0.2, 0) is 14.8 Å². The Morgan fingerprint density at radius 1 is 0.970 bits per heavy atom. The van der Waals surface area contributed by atoms with Crippen LogP contribution in [0.4, 0.5) is 11.4 Å². The monoisotopic (exact) mass is 464 g/mol. The Bertz CT molecular complexity index is 1330. The Kier molecular flexibility index (Phi) is 5.95. The van der Waals surface area contributed by atoms with Gasteiger partial charge in [-0.3, -0.25) is 13.9 Å². The van der Waals surface area contributed by atoms with Gasteiger partial charge in [0.2, 0.25) is 0 Å². The number of ether oxygens (including phenoxy) is 1. The van der Waals surface area contributed by atoms with E-state index in [1.165, 1.54) is 11.2 Å². The normalized spacial score (nSPS) is 15.4. The van der Waals surface area contributed by atoms with Gasteiger partial charge in [-0.1, -0.05) is 35.9 Å². The molecule has 33 heavy (non-hydrogen) atoms. The molecule has 170 valence electrons. The van der Waals surface area contributed by atoms with Crippen molar-refractivity contribution in [2.45, 2.75) is 31.8 Å². The van der Waals surface area contributed by atoms with E-state index in [0.29, 0.717) is 22.7 Å². The lowest BCUT2D eigenvalue weighted by Gasteiger charge is -2.35. The molecule has 1 atom stereocenters. The second kappa shape index (κ2) is 8.71. The summed E-state index contributed by atoms with van der Waals surface area (Å²) in [5.41, 5.74) is 3.08. The number of carbonyl (C=O) groups excluding carboxylic acids is 2. The van der Waals surface area contributed by atoms with Crippen LogP contribution in [0, 0.1) is 13.8 Å². The quantitative estimate of drug-likeness (QED) is 0.574. The standard InChI is InChI=1S/C25H24N2O5S/c1-16-7-10-21(11-8-16)33(30,31)27-15-24(32-23-13-17(2)9-12-22(23)27)25(29)26-20-6-4-5-19(14-20)18(3)28/h4-14,24H,15H2,1-3H3,(H,26,29)/t24-/m0/s1. The predicted molar refractivity (Wildman–Crippen MR) is 126 cm³/mol. The van der Waals surface area contributed by atoms with E-state index in [4.69, 9.17) is 4.74 Å². The summed E-state index contributed by atoms with van der Waals surface area (Å²) in [6, 6.07) is 18.3. The Hall–Kier alpha value is -3.65. The molecule has 0 unspecified atom stereocenters. The van der Waals surface area contributed by atoms with Crippen LogP contribution in [0.2, 0.25) is 0 Å². The van der Waals surface area contributed by atoms with Crippen LogP contribution < -0.4 is 14.4 Å². The van der Waals surface area contributed by atoms with Crippen molar-refractivity contribution >= 4 is 33.1 Å². The van der Waals surface area contributed by atoms with Crippen molar-refractivity contribution < 1.29 is 22.7 Å². The topological polar surface area (TPSA) is 92.8 Å². The van der Waals surface area contributed by atoms with Crippen LogP contribution in [0.3, 0.4) is 0 Å². The molecule has 0 radical (unpaired) electrons. The number of sulfonamides is 1. The Morgan fingerprint density at radius 3 is 2.36 bits per heavy atom. The highest BCUT2D eigenvalue weighted by Gasteiger charge is 2.37. The van der Waals surface area contributed by atoms with Crippen molar-refractivity contribution in [2.75, 3.05) is 16.2 Å². The summed E-state index contributed by atoms with van der Waals surface area (Å²) in [7, 11) is -3.93. The van der Waals surface area contributed by atoms with Crippen LogP contribution in [-0.4, -0.2) is 32.8 Å². The number of fused-ring (bicyclic) bond motifs is 1. The molecule has 0 saturated carbocycles. The number of Topliss-reactive ketones (excluding diaryl/α,β-unsaturated/α-hetero) is 1. The van der Waals surface area contributed by atoms with E-state index >= 15 is 0 Å². The SMILES string of the molecule is CC(=O)c1cccc(NC(=O)[C@@H]2CN(S(=O)(=O)c3ccc(C)cc3)c3ccc(C)cc3O2)c1. The predicted octanol–water partition coefficient (Wildman–Crippen LogP) is 4.10. The number of anilines is 2. The van der Waals surface area contributed by atoms with E-state index in [-0.39, 0.29) is 17.2 Å². The molecule has 1 aliphatic heterocycles. The summed E-state index contributed by atoms with van der Waals surface area (Å²) in [4.78, 5) is 24.8. The number of ketones is 1. The molecule has 0 saturated heterocycles. The molecule has 1 amide bonds. The summed E-state index contributed by atoms with van der Waals surface area (Å²) < 4.78 is 34.1. The van der Waals surface area contributed by atoms with Gasteiger partial charge in [0.1, 0.15) is 5.75 Å². The van der Waals surface area contributed by atoms with Gasteiger partial charge in [-0.2, -0.15) is 0 Å². The molecule has 3 aromatic carbocycles. The van der Waals surface area contributed by atoms with Crippen LogP contribution in [0.15, 0.2) is 71.6 Å². The van der Waals surface area contributed by atoms with Gasteiger partial charge in [-0.25, -0.2) is 8.42 Å². The van der Waals surface area contributed by atoms with Crippen molar-refractivity contribution in [3.05, 3.63) is 83.4 Å². The zero-order valence-electron chi connectivity index (χ0n) is 18.5. The summed E-state index contributed by atoms with van der Waals surface area (Å²) in [5.74, 6) is -0.318. The minimum absolute atomic E-state index is 0.125. The van der Waals surface area contributed by atoms with Crippen LogP contribution in [0.25, 0.3) is 0 Å². The Balaban J connectivity index is 1.68. The number of nitrogens with zero attached hydrogens (tertiary/aromatic N) is 1. The maximum Gasteiger partial charge on any atom is 0.267 e.